The number of carbonyl (C=O) groups is 3. The maximum atomic E-state index is 12.1. The third-order valence-corrected chi connectivity index (χ3v) is 4.80. The molecule has 0 aliphatic heterocycles. The lowest BCUT2D eigenvalue weighted by Crippen LogP contribution is -2.12. The van der Waals surface area contributed by atoms with Crippen molar-refractivity contribution in [1.29, 1.82) is 0 Å². The summed E-state index contributed by atoms with van der Waals surface area (Å²) in [6, 6.07) is 6.30. The van der Waals surface area contributed by atoms with Crippen LogP contribution in [0.5, 0.6) is 0 Å². The van der Waals surface area contributed by atoms with E-state index in [1.165, 1.54) is 11.8 Å². The molecule has 0 aliphatic rings. The van der Waals surface area contributed by atoms with Crippen LogP contribution in [0.2, 0.25) is 0 Å². The second-order valence-corrected chi connectivity index (χ2v) is 6.69. The molecule has 0 saturated heterocycles. The molecule has 0 radical (unpaired) electrons. The molecule has 1 amide bonds. The first-order valence-electron chi connectivity index (χ1n) is 7.20. The molecule has 1 aromatic heterocycles. The Balaban J connectivity index is 1.92. The Hall–Kier alpha value is -2.46. The van der Waals surface area contributed by atoms with Crippen LogP contribution in [0.3, 0.4) is 0 Å². The van der Waals surface area contributed by atoms with E-state index in [0.717, 1.165) is 11.3 Å². The van der Waals surface area contributed by atoms with Gasteiger partial charge in [0.2, 0.25) is 5.01 Å². The van der Waals surface area contributed by atoms with Gasteiger partial charge in [0.25, 0.3) is 5.91 Å². The van der Waals surface area contributed by atoms with Crippen LogP contribution in [0.1, 0.15) is 32.1 Å². The molecular weight excluding hydrogens is 366 g/mol. The Morgan fingerprint density at radius 2 is 1.96 bits per heavy atom. The van der Waals surface area contributed by atoms with Crippen molar-refractivity contribution in [3.8, 4) is 0 Å². The predicted molar refractivity (Wildman–Crippen MR) is 94.1 cm³/mol. The third-order valence-electron chi connectivity index (χ3n) is 2.77. The summed E-state index contributed by atoms with van der Waals surface area (Å²) in [4.78, 5) is 34.2. The number of hydrogen-bond acceptors (Lipinski definition) is 8. The number of hydrogen-bond donors (Lipinski definition) is 2. The topological polar surface area (TPSA) is 118 Å². The Morgan fingerprint density at radius 3 is 2.60 bits per heavy atom. The van der Waals surface area contributed by atoms with E-state index in [2.05, 4.69) is 15.5 Å². The molecule has 2 N–H and O–H groups in total. The van der Waals surface area contributed by atoms with Crippen molar-refractivity contribution >= 4 is 46.6 Å². The van der Waals surface area contributed by atoms with Gasteiger partial charge in [-0.2, -0.15) is 0 Å². The fourth-order valence-corrected chi connectivity index (χ4v) is 3.24. The van der Waals surface area contributed by atoms with E-state index < -0.39 is 17.8 Å². The van der Waals surface area contributed by atoms with Crippen LogP contribution in [0.25, 0.3) is 0 Å². The highest BCUT2D eigenvalue weighted by Crippen LogP contribution is 2.18. The number of carbonyl (C=O) groups excluding carboxylic acids is 2. The number of carboxylic acid groups (broad SMARTS) is 1. The summed E-state index contributed by atoms with van der Waals surface area (Å²) in [5.74, 6) is -1.40. The predicted octanol–water partition coefficient (Wildman–Crippen LogP) is 2.28. The highest BCUT2D eigenvalue weighted by atomic mass is 32.2. The van der Waals surface area contributed by atoms with Gasteiger partial charge in [-0.1, -0.05) is 11.3 Å². The Morgan fingerprint density at radius 1 is 1.24 bits per heavy atom. The first-order chi connectivity index (χ1) is 12.0. The van der Waals surface area contributed by atoms with Gasteiger partial charge in [0, 0.05) is 11.4 Å². The van der Waals surface area contributed by atoms with Gasteiger partial charge < -0.3 is 15.2 Å². The summed E-state index contributed by atoms with van der Waals surface area (Å²) in [5.41, 5.74) is 0.906. The summed E-state index contributed by atoms with van der Waals surface area (Å²) in [5, 5.41) is 19.7. The molecule has 0 spiro atoms. The van der Waals surface area contributed by atoms with Crippen molar-refractivity contribution in [1.82, 2.24) is 10.2 Å². The van der Waals surface area contributed by atoms with Gasteiger partial charge in [-0.05, 0) is 31.2 Å². The molecule has 10 heteroatoms. The molecule has 1 aromatic carbocycles. The largest absolute Gasteiger partial charge is 0.481 e. The molecule has 0 fully saturated rings. The summed E-state index contributed by atoms with van der Waals surface area (Å²) in [7, 11) is 0. The second kappa shape index (κ2) is 9.14. The molecule has 8 nitrogen and oxygen atoms in total. The fraction of sp³-hybridized carbons (Fsp3) is 0.267. The highest BCUT2D eigenvalue weighted by molar-refractivity contribution is 7.99. The van der Waals surface area contributed by atoms with Crippen molar-refractivity contribution in [2.45, 2.75) is 12.7 Å². The first-order valence-corrected chi connectivity index (χ1v) is 9.17. The van der Waals surface area contributed by atoms with Crippen LogP contribution < -0.4 is 5.32 Å². The van der Waals surface area contributed by atoms with Crippen molar-refractivity contribution in [2.24, 2.45) is 0 Å². The van der Waals surface area contributed by atoms with Crippen molar-refractivity contribution in [3.63, 3.8) is 0 Å². The first kappa shape index (κ1) is 18.9. The molecular formula is C15H15N3O5S2. The van der Waals surface area contributed by atoms with Crippen molar-refractivity contribution in [3.05, 3.63) is 39.8 Å². The van der Waals surface area contributed by atoms with Gasteiger partial charge in [-0.3, -0.25) is 9.59 Å². The standard InChI is InChI=1S/C15H15N3O5S2/c1-2-23-15(22)9-3-5-10(6-4-9)16-13(21)14-18-17-11(25-14)7-24-8-12(19)20/h3-6H,2,7-8H2,1H3,(H,16,21)(H,19,20). The van der Waals surface area contributed by atoms with Gasteiger partial charge in [0.1, 0.15) is 5.01 Å². The van der Waals surface area contributed by atoms with E-state index in [1.807, 2.05) is 0 Å². The van der Waals surface area contributed by atoms with E-state index in [-0.39, 0.29) is 10.8 Å². The Bertz CT molecular complexity index is 761. The zero-order valence-corrected chi connectivity index (χ0v) is 14.9. The molecule has 25 heavy (non-hydrogen) atoms. The smallest absolute Gasteiger partial charge is 0.338 e. The minimum absolute atomic E-state index is 0.0338. The monoisotopic (exact) mass is 381 g/mol. The summed E-state index contributed by atoms with van der Waals surface area (Å²) >= 11 is 2.29. The van der Waals surface area contributed by atoms with E-state index in [1.54, 1.807) is 31.2 Å². The second-order valence-electron chi connectivity index (χ2n) is 4.64. The van der Waals surface area contributed by atoms with Crippen LogP contribution in [-0.2, 0) is 15.3 Å². The summed E-state index contributed by atoms with van der Waals surface area (Å²) in [6.45, 7) is 2.02. The molecule has 2 rings (SSSR count). The minimum Gasteiger partial charge on any atom is -0.481 e. The lowest BCUT2D eigenvalue weighted by Gasteiger charge is -2.04. The van der Waals surface area contributed by atoms with Crippen molar-refractivity contribution in [2.75, 3.05) is 17.7 Å². The lowest BCUT2D eigenvalue weighted by atomic mass is 10.2. The molecule has 1 heterocycles. The highest BCUT2D eigenvalue weighted by Gasteiger charge is 2.14. The number of carboxylic acids is 1. The Labute approximate surface area is 151 Å². The molecule has 2 aromatic rings. The van der Waals surface area contributed by atoms with E-state index in [9.17, 15) is 14.4 Å². The number of anilines is 1. The third kappa shape index (κ3) is 5.84. The number of thioether (sulfide) groups is 1. The van der Waals surface area contributed by atoms with Crippen LogP contribution in [0, 0.1) is 0 Å². The summed E-state index contributed by atoms with van der Waals surface area (Å²) in [6.07, 6.45) is 0. The normalized spacial score (nSPS) is 10.3. The number of ether oxygens (including phenoxy) is 1. The van der Waals surface area contributed by atoms with Gasteiger partial charge in [-0.25, -0.2) is 4.79 Å². The van der Waals surface area contributed by atoms with Crippen LogP contribution in [0.15, 0.2) is 24.3 Å². The van der Waals surface area contributed by atoms with Crippen LogP contribution in [-0.4, -0.2) is 45.5 Å². The quantitative estimate of drug-likeness (QED) is 0.669. The number of benzene rings is 1. The number of nitrogens with zero attached hydrogens (tertiary/aromatic N) is 2. The number of aliphatic carboxylic acids is 1. The zero-order valence-electron chi connectivity index (χ0n) is 13.2. The average Bonchev–Trinajstić information content (AvgIpc) is 3.04. The average molecular weight is 381 g/mol. The van der Waals surface area contributed by atoms with Gasteiger partial charge >= 0.3 is 11.9 Å². The molecule has 0 saturated carbocycles. The zero-order chi connectivity index (χ0) is 18.2. The number of nitrogens with one attached hydrogen (secondary N) is 1. The van der Waals surface area contributed by atoms with Crippen LogP contribution in [0.4, 0.5) is 5.69 Å². The maximum absolute atomic E-state index is 12.1. The van der Waals surface area contributed by atoms with Crippen LogP contribution >= 0.6 is 23.1 Å². The van der Waals surface area contributed by atoms with Crippen molar-refractivity contribution < 1.29 is 24.2 Å². The van der Waals surface area contributed by atoms with E-state index >= 15 is 0 Å². The SMILES string of the molecule is CCOC(=O)c1ccc(NC(=O)c2nnc(CSCC(=O)O)s2)cc1. The number of amides is 1. The summed E-state index contributed by atoms with van der Waals surface area (Å²) < 4.78 is 4.89. The minimum atomic E-state index is -0.904. The molecule has 132 valence electrons. The van der Waals surface area contributed by atoms with E-state index in [0.29, 0.717) is 28.6 Å². The van der Waals surface area contributed by atoms with Gasteiger partial charge in [0.15, 0.2) is 0 Å². The maximum Gasteiger partial charge on any atom is 0.338 e. The number of aromatic nitrogens is 2. The number of esters is 1. The lowest BCUT2D eigenvalue weighted by molar-refractivity contribution is -0.133. The molecule has 0 atom stereocenters. The van der Waals surface area contributed by atoms with Gasteiger partial charge in [0.05, 0.1) is 17.9 Å². The molecule has 0 bridgehead atoms. The Kier molecular flexibility index (Phi) is 6.90. The van der Waals surface area contributed by atoms with E-state index in [4.69, 9.17) is 9.84 Å². The molecule has 0 aliphatic carbocycles. The number of rotatable bonds is 8. The van der Waals surface area contributed by atoms with Gasteiger partial charge in [-0.15, -0.1) is 22.0 Å². The fourth-order valence-electron chi connectivity index (χ4n) is 1.72. The molecule has 0 unspecified atom stereocenters.